The van der Waals surface area contributed by atoms with Gasteiger partial charge in [-0.3, -0.25) is 14.6 Å². The SMILES string of the molecule is CCOc1ccc(N2C(=O)c3ccccc3[C@@H](C=NCc3cccs3)C2=O)cc1. The third-order valence-electron chi connectivity index (χ3n) is 4.70. The molecule has 2 amide bonds. The Balaban J connectivity index is 1.67. The minimum absolute atomic E-state index is 0.298. The molecule has 0 bridgehead atoms. The highest BCUT2D eigenvalue weighted by atomic mass is 32.1. The summed E-state index contributed by atoms with van der Waals surface area (Å²) in [5.74, 6) is -0.525. The first kappa shape index (κ1) is 19.1. The van der Waals surface area contributed by atoms with Crippen LogP contribution in [-0.2, 0) is 11.3 Å². The lowest BCUT2D eigenvalue weighted by Crippen LogP contribution is -2.45. The standard InChI is InChI=1S/C23H20N2O3S/c1-2-28-17-11-9-16(10-12-17)25-22(26)20-8-4-3-7-19(20)21(23(25)27)15-24-14-18-6-5-13-29-18/h3-13,15,21H,2,14H2,1H3/t21-/m1/s1. The lowest BCUT2D eigenvalue weighted by Gasteiger charge is -2.31. The van der Waals surface area contributed by atoms with Gasteiger partial charge in [-0.15, -0.1) is 11.3 Å². The maximum Gasteiger partial charge on any atom is 0.265 e. The van der Waals surface area contributed by atoms with Gasteiger partial charge in [0.05, 0.1) is 24.8 Å². The second kappa shape index (κ2) is 8.41. The van der Waals surface area contributed by atoms with Crippen molar-refractivity contribution in [1.29, 1.82) is 0 Å². The third-order valence-corrected chi connectivity index (χ3v) is 5.56. The van der Waals surface area contributed by atoms with Crippen LogP contribution in [0.25, 0.3) is 0 Å². The number of aliphatic imine (C=N–C) groups is 1. The average molecular weight is 404 g/mol. The number of rotatable bonds is 6. The number of carbonyl (C=O) groups is 2. The topological polar surface area (TPSA) is 59.0 Å². The normalized spacial score (nSPS) is 16.3. The van der Waals surface area contributed by atoms with E-state index in [0.717, 1.165) is 4.88 Å². The highest BCUT2D eigenvalue weighted by Crippen LogP contribution is 2.32. The van der Waals surface area contributed by atoms with Gasteiger partial charge in [-0.05, 0) is 54.3 Å². The van der Waals surface area contributed by atoms with Crippen molar-refractivity contribution in [3.05, 3.63) is 82.0 Å². The Kier molecular flexibility index (Phi) is 5.53. The van der Waals surface area contributed by atoms with Crippen LogP contribution in [0.4, 0.5) is 5.69 Å². The Labute approximate surface area is 173 Å². The molecule has 1 aliphatic heterocycles. The van der Waals surface area contributed by atoms with E-state index in [1.54, 1.807) is 47.9 Å². The zero-order valence-corrected chi connectivity index (χ0v) is 16.8. The van der Waals surface area contributed by atoms with Crippen molar-refractivity contribution >= 4 is 35.1 Å². The Bertz CT molecular complexity index is 1040. The van der Waals surface area contributed by atoms with Gasteiger partial charge in [-0.25, -0.2) is 4.90 Å². The summed E-state index contributed by atoms with van der Waals surface area (Å²) >= 11 is 1.62. The molecule has 0 spiro atoms. The Hall–Kier alpha value is -3.25. The monoisotopic (exact) mass is 404 g/mol. The van der Waals surface area contributed by atoms with E-state index in [2.05, 4.69) is 4.99 Å². The summed E-state index contributed by atoms with van der Waals surface area (Å²) in [4.78, 5) is 33.2. The molecule has 1 aliphatic rings. The molecule has 1 aromatic heterocycles. The summed E-state index contributed by atoms with van der Waals surface area (Å²) in [7, 11) is 0. The Morgan fingerprint density at radius 1 is 1.07 bits per heavy atom. The van der Waals surface area contributed by atoms with E-state index in [1.165, 1.54) is 4.90 Å². The van der Waals surface area contributed by atoms with Gasteiger partial charge in [0.1, 0.15) is 5.75 Å². The number of carbonyl (C=O) groups excluding carboxylic acids is 2. The second-order valence-electron chi connectivity index (χ2n) is 6.54. The molecular formula is C23H20N2O3S. The van der Waals surface area contributed by atoms with Gasteiger partial charge in [-0.1, -0.05) is 24.3 Å². The molecule has 0 N–H and O–H groups in total. The summed E-state index contributed by atoms with van der Waals surface area (Å²) in [6, 6.07) is 18.2. The molecule has 2 heterocycles. The molecule has 6 heteroatoms. The highest BCUT2D eigenvalue weighted by molar-refractivity contribution is 7.09. The quantitative estimate of drug-likeness (QED) is 0.442. The van der Waals surface area contributed by atoms with Crippen molar-refractivity contribution in [1.82, 2.24) is 0 Å². The summed E-state index contributed by atoms with van der Waals surface area (Å²) in [6.07, 6.45) is 1.66. The van der Waals surface area contributed by atoms with Crippen LogP contribution >= 0.6 is 11.3 Å². The van der Waals surface area contributed by atoms with Gasteiger partial charge in [0.15, 0.2) is 0 Å². The number of fused-ring (bicyclic) bond motifs is 1. The number of hydrogen-bond acceptors (Lipinski definition) is 5. The Morgan fingerprint density at radius 2 is 1.86 bits per heavy atom. The van der Waals surface area contributed by atoms with Crippen LogP contribution in [0.15, 0.2) is 71.0 Å². The molecule has 2 aromatic carbocycles. The minimum atomic E-state index is -0.601. The number of amides is 2. The molecule has 0 unspecified atom stereocenters. The van der Waals surface area contributed by atoms with Gasteiger partial charge in [0.2, 0.25) is 5.91 Å². The number of anilines is 1. The number of thiophene rings is 1. The van der Waals surface area contributed by atoms with Crippen molar-refractivity contribution < 1.29 is 14.3 Å². The average Bonchev–Trinajstić information content (AvgIpc) is 3.26. The van der Waals surface area contributed by atoms with E-state index in [4.69, 9.17) is 4.74 Å². The lowest BCUT2D eigenvalue weighted by molar-refractivity contribution is -0.118. The Morgan fingerprint density at radius 3 is 2.59 bits per heavy atom. The van der Waals surface area contributed by atoms with Crippen LogP contribution in [0.5, 0.6) is 5.75 Å². The largest absolute Gasteiger partial charge is 0.494 e. The van der Waals surface area contributed by atoms with E-state index in [1.807, 2.05) is 42.6 Å². The van der Waals surface area contributed by atoms with E-state index in [9.17, 15) is 9.59 Å². The molecule has 146 valence electrons. The van der Waals surface area contributed by atoms with Crippen molar-refractivity contribution in [2.45, 2.75) is 19.4 Å². The molecular weight excluding hydrogens is 384 g/mol. The van der Waals surface area contributed by atoms with Crippen molar-refractivity contribution in [3.8, 4) is 5.75 Å². The number of ether oxygens (including phenoxy) is 1. The zero-order chi connectivity index (χ0) is 20.2. The molecule has 0 aliphatic carbocycles. The molecule has 0 saturated heterocycles. The maximum atomic E-state index is 13.3. The van der Waals surface area contributed by atoms with Crippen molar-refractivity contribution in [3.63, 3.8) is 0 Å². The molecule has 0 radical (unpaired) electrons. The first-order chi connectivity index (χ1) is 14.2. The summed E-state index contributed by atoms with van der Waals surface area (Å²) in [5.41, 5.74) is 1.74. The fourth-order valence-electron chi connectivity index (χ4n) is 3.35. The zero-order valence-electron chi connectivity index (χ0n) is 15.9. The van der Waals surface area contributed by atoms with Crippen LogP contribution in [-0.4, -0.2) is 24.6 Å². The van der Waals surface area contributed by atoms with E-state index in [-0.39, 0.29) is 11.8 Å². The molecule has 0 fully saturated rings. The van der Waals surface area contributed by atoms with Gasteiger partial charge in [0.25, 0.3) is 5.91 Å². The molecule has 5 nitrogen and oxygen atoms in total. The van der Waals surface area contributed by atoms with Crippen molar-refractivity contribution in [2.75, 3.05) is 11.5 Å². The number of imide groups is 1. The summed E-state index contributed by atoms with van der Waals surface area (Å²) in [5, 5.41) is 2.00. The van der Waals surface area contributed by atoms with E-state index in [0.29, 0.717) is 35.7 Å². The minimum Gasteiger partial charge on any atom is -0.494 e. The second-order valence-corrected chi connectivity index (χ2v) is 7.57. The maximum absolute atomic E-state index is 13.3. The van der Waals surface area contributed by atoms with Crippen LogP contribution < -0.4 is 9.64 Å². The molecule has 29 heavy (non-hydrogen) atoms. The number of nitrogens with zero attached hydrogens (tertiary/aromatic N) is 2. The number of hydrogen-bond donors (Lipinski definition) is 0. The van der Waals surface area contributed by atoms with Crippen LogP contribution in [0.1, 0.15) is 33.6 Å². The fraction of sp³-hybridized carbons (Fsp3) is 0.174. The number of benzene rings is 2. The van der Waals surface area contributed by atoms with Gasteiger partial charge >= 0.3 is 0 Å². The molecule has 3 aromatic rings. The van der Waals surface area contributed by atoms with Crippen LogP contribution in [0.3, 0.4) is 0 Å². The van der Waals surface area contributed by atoms with E-state index < -0.39 is 5.92 Å². The van der Waals surface area contributed by atoms with E-state index >= 15 is 0 Å². The van der Waals surface area contributed by atoms with Crippen LogP contribution in [0.2, 0.25) is 0 Å². The smallest absolute Gasteiger partial charge is 0.265 e. The molecule has 1 atom stereocenters. The fourth-order valence-corrected chi connectivity index (χ4v) is 3.99. The van der Waals surface area contributed by atoms with Gasteiger partial charge in [0, 0.05) is 16.7 Å². The first-order valence-electron chi connectivity index (χ1n) is 9.41. The summed E-state index contributed by atoms with van der Waals surface area (Å²) in [6.45, 7) is 2.97. The molecule has 4 rings (SSSR count). The predicted molar refractivity (Wildman–Crippen MR) is 115 cm³/mol. The van der Waals surface area contributed by atoms with Gasteiger partial charge in [-0.2, -0.15) is 0 Å². The lowest BCUT2D eigenvalue weighted by atomic mass is 9.89. The highest BCUT2D eigenvalue weighted by Gasteiger charge is 2.38. The molecule has 0 saturated carbocycles. The van der Waals surface area contributed by atoms with Gasteiger partial charge < -0.3 is 4.74 Å². The third kappa shape index (κ3) is 3.84. The van der Waals surface area contributed by atoms with Crippen LogP contribution in [0, 0.1) is 0 Å². The first-order valence-corrected chi connectivity index (χ1v) is 10.3. The van der Waals surface area contributed by atoms with Crippen molar-refractivity contribution in [2.24, 2.45) is 4.99 Å². The predicted octanol–water partition coefficient (Wildman–Crippen LogP) is 4.69. The summed E-state index contributed by atoms with van der Waals surface area (Å²) < 4.78 is 5.46.